The van der Waals surface area contributed by atoms with Crippen molar-refractivity contribution in [2.45, 2.75) is 31.8 Å². The molecule has 2 amide bonds. The smallest absolute Gasteiger partial charge is 0.403 e. The number of rotatable bonds is 7. The van der Waals surface area contributed by atoms with Crippen molar-refractivity contribution in [2.75, 3.05) is 7.05 Å². The maximum Gasteiger partial charge on any atom is 0.573 e. The number of amidine groups is 1. The third kappa shape index (κ3) is 5.87. The van der Waals surface area contributed by atoms with Crippen molar-refractivity contribution in [3.8, 4) is 5.75 Å². The predicted octanol–water partition coefficient (Wildman–Crippen LogP) is 2.91. The summed E-state index contributed by atoms with van der Waals surface area (Å²) in [4.78, 5) is 34.5. The molecule has 2 aromatic carbocycles. The molecule has 1 aliphatic carbocycles. The third-order valence-corrected chi connectivity index (χ3v) is 6.72. The van der Waals surface area contributed by atoms with Gasteiger partial charge in [-0.3, -0.25) is 9.59 Å². The average molecular weight is 598 g/mol. The van der Waals surface area contributed by atoms with E-state index >= 15 is 0 Å². The highest BCUT2D eigenvalue weighted by Crippen LogP contribution is 2.33. The monoisotopic (exact) mass is 597 g/mol. The lowest BCUT2D eigenvalue weighted by Crippen LogP contribution is -2.30. The molecule has 0 saturated carbocycles. The van der Waals surface area contributed by atoms with Gasteiger partial charge in [-0.15, -0.1) is 13.2 Å². The Hall–Kier alpha value is -5.32. The van der Waals surface area contributed by atoms with E-state index in [2.05, 4.69) is 46.5 Å². The van der Waals surface area contributed by atoms with Crippen LogP contribution < -0.4 is 20.9 Å². The summed E-state index contributed by atoms with van der Waals surface area (Å²) in [5.41, 5.74) is 9.65. The van der Waals surface area contributed by atoms with Gasteiger partial charge in [-0.05, 0) is 53.1 Å². The van der Waals surface area contributed by atoms with Gasteiger partial charge in [0.1, 0.15) is 17.7 Å². The van der Waals surface area contributed by atoms with Crippen LogP contribution in [0, 0.1) is 5.82 Å². The summed E-state index contributed by atoms with van der Waals surface area (Å²) in [7, 11) is 1.73. The molecule has 0 bridgehead atoms. The number of hydrazine groups is 1. The molecule has 4 aromatic rings. The Morgan fingerprint density at radius 2 is 2.00 bits per heavy atom. The maximum absolute atomic E-state index is 13.7. The molecule has 0 spiro atoms. The molecular formula is C26H21F4N10O3-. The molecule has 6 rings (SSSR count). The summed E-state index contributed by atoms with van der Waals surface area (Å²) in [6, 6.07) is 9.50. The fraction of sp³-hybridized carbons (Fsp3) is 0.231. The highest BCUT2D eigenvalue weighted by molar-refractivity contribution is 6.08. The van der Waals surface area contributed by atoms with Gasteiger partial charge in [0.05, 0.1) is 6.04 Å². The summed E-state index contributed by atoms with van der Waals surface area (Å²) >= 11 is 0. The largest absolute Gasteiger partial charge is 0.573 e. The number of hydrogen-bond donors (Lipinski definition) is 3. The number of aromatic nitrogens is 4. The number of halogens is 4. The van der Waals surface area contributed by atoms with E-state index in [9.17, 15) is 27.2 Å². The number of carbonyl (C=O) groups excluding carboxylic acids is 2. The van der Waals surface area contributed by atoms with E-state index in [0.29, 0.717) is 18.7 Å². The summed E-state index contributed by atoms with van der Waals surface area (Å²) in [6.07, 6.45) is -2.55. The number of ether oxygens (including phenoxy) is 1. The second kappa shape index (κ2) is 10.8. The summed E-state index contributed by atoms with van der Waals surface area (Å²) in [5, 5.41) is 15.3. The number of benzene rings is 2. The molecule has 0 saturated heterocycles. The molecule has 222 valence electrons. The molecule has 13 nitrogen and oxygen atoms in total. The first-order valence-corrected chi connectivity index (χ1v) is 12.8. The second-order valence-corrected chi connectivity index (χ2v) is 9.63. The number of nitrogens with zero attached hydrogens (tertiary/aromatic N) is 7. The van der Waals surface area contributed by atoms with Gasteiger partial charge >= 0.3 is 6.36 Å². The molecule has 43 heavy (non-hydrogen) atoms. The Labute approximate surface area is 239 Å². The summed E-state index contributed by atoms with van der Waals surface area (Å²) < 4.78 is 56.3. The Morgan fingerprint density at radius 1 is 1.16 bits per heavy atom. The topological polar surface area (TPSA) is 152 Å². The molecule has 3 N–H and O–H groups in total. The van der Waals surface area contributed by atoms with E-state index in [0.717, 1.165) is 28.8 Å². The zero-order valence-electron chi connectivity index (χ0n) is 22.2. The van der Waals surface area contributed by atoms with Gasteiger partial charge in [0.15, 0.2) is 11.6 Å². The quantitative estimate of drug-likeness (QED) is 0.275. The Morgan fingerprint density at radius 3 is 2.77 bits per heavy atom. The normalized spacial score (nSPS) is 16.1. The lowest BCUT2D eigenvalue weighted by Gasteiger charge is -2.16. The SMILES string of the molecule is CN1N=C(c2ccc3c(c2)CC[C@@H]3NC(=O)c2cc(C(=O)NCc3ccc(F)c(OC(F)(F)F)c3)nc3ncnn23)[N-]N1. The van der Waals surface area contributed by atoms with Crippen LogP contribution in [0.15, 0.2) is 53.9 Å². The number of alkyl halides is 3. The maximum atomic E-state index is 13.7. The number of carbonyl (C=O) groups is 2. The second-order valence-electron chi connectivity index (χ2n) is 9.63. The highest BCUT2D eigenvalue weighted by atomic mass is 19.4. The third-order valence-electron chi connectivity index (χ3n) is 6.72. The van der Waals surface area contributed by atoms with Crippen LogP contribution in [0.2, 0.25) is 0 Å². The van der Waals surface area contributed by atoms with Crippen molar-refractivity contribution < 1.29 is 31.9 Å². The van der Waals surface area contributed by atoms with E-state index < -0.39 is 29.7 Å². The zero-order chi connectivity index (χ0) is 30.3. The molecule has 1 atom stereocenters. The Bertz CT molecular complexity index is 1770. The van der Waals surface area contributed by atoms with Gasteiger partial charge in [0, 0.05) is 19.7 Å². The minimum Gasteiger partial charge on any atom is -0.403 e. The zero-order valence-corrected chi connectivity index (χ0v) is 22.2. The van der Waals surface area contributed by atoms with Crippen LogP contribution in [-0.4, -0.2) is 55.8 Å². The first-order chi connectivity index (χ1) is 20.5. The highest BCUT2D eigenvalue weighted by Gasteiger charge is 2.32. The number of amides is 2. The lowest BCUT2D eigenvalue weighted by atomic mass is 10.0. The molecule has 2 aliphatic rings. The number of fused-ring (bicyclic) bond motifs is 2. The van der Waals surface area contributed by atoms with Crippen molar-refractivity contribution in [3.63, 3.8) is 0 Å². The minimum absolute atomic E-state index is 0.00594. The van der Waals surface area contributed by atoms with Crippen LogP contribution in [0.5, 0.6) is 5.75 Å². The average Bonchev–Trinajstić information content (AvgIpc) is 3.71. The van der Waals surface area contributed by atoms with Gasteiger partial charge in [-0.25, -0.2) is 14.9 Å². The van der Waals surface area contributed by atoms with Gasteiger partial charge in [-0.2, -0.15) is 14.6 Å². The number of aryl methyl sites for hydroxylation is 1. The molecule has 0 fully saturated rings. The summed E-state index contributed by atoms with van der Waals surface area (Å²) in [6.45, 7) is -0.276. The number of hydrazone groups is 1. The van der Waals surface area contributed by atoms with Crippen LogP contribution in [0.25, 0.3) is 11.2 Å². The summed E-state index contributed by atoms with van der Waals surface area (Å²) in [5.74, 6) is -2.99. The van der Waals surface area contributed by atoms with Gasteiger partial charge < -0.3 is 31.0 Å². The van der Waals surface area contributed by atoms with Crippen molar-refractivity contribution in [1.29, 1.82) is 0 Å². The van der Waals surface area contributed by atoms with Crippen LogP contribution in [0.1, 0.15) is 55.7 Å². The van der Waals surface area contributed by atoms with E-state index in [1.807, 2.05) is 18.2 Å². The molecule has 17 heteroatoms. The van der Waals surface area contributed by atoms with E-state index in [1.165, 1.54) is 28.1 Å². The standard InChI is InChI=1S/C26H22F4N10O3/c1-39-37-22(36-38-39)15-3-5-16-14(9-15)4-7-18(16)34-24(42)20-10-19(35-25-32-12-33-40(20)25)23(41)31-11-13-2-6-17(27)21(8-13)43-26(28,29)30/h2-3,5-6,8-10,12,18H,4,7,11H2,1H3,(H4,31,32,33,34,35,36,37,38,41,42)/p-1/t18-/m0/s1. The van der Waals surface area contributed by atoms with E-state index in [1.54, 1.807) is 7.05 Å². The van der Waals surface area contributed by atoms with E-state index in [-0.39, 0.29) is 35.3 Å². The number of nitrogens with one attached hydrogen (secondary N) is 3. The predicted molar refractivity (Wildman–Crippen MR) is 141 cm³/mol. The van der Waals surface area contributed by atoms with Crippen molar-refractivity contribution >= 4 is 23.4 Å². The van der Waals surface area contributed by atoms with Crippen molar-refractivity contribution in [1.82, 2.24) is 40.9 Å². The van der Waals surface area contributed by atoms with Crippen LogP contribution in [0.3, 0.4) is 0 Å². The van der Waals surface area contributed by atoms with Gasteiger partial charge in [-0.1, -0.05) is 24.3 Å². The molecule has 0 radical (unpaired) electrons. The van der Waals surface area contributed by atoms with Crippen molar-refractivity contribution in [3.05, 3.63) is 93.7 Å². The Kier molecular flexibility index (Phi) is 7.01. The fourth-order valence-corrected chi connectivity index (χ4v) is 4.79. The molecule has 1 aliphatic heterocycles. The van der Waals surface area contributed by atoms with E-state index in [4.69, 9.17) is 0 Å². The number of hydrogen-bond acceptors (Lipinski definition) is 9. The lowest BCUT2D eigenvalue weighted by molar-refractivity contribution is -0.275. The molecule has 3 heterocycles. The molecule has 2 aromatic heterocycles. The van der Waals surface area contributed by atoms with Crippen LogP contribution in [-0.2, 0) is 13.0 Å². The fourth-order valence-electron chi connectivity index (χ4n) is 4.79. The molecular weight excluding hydrogens is 576 g/mol. The molecule has 0 unspecified atom stereocenters. The minimum atomic E-state index is -5.09. The Balaban J connectivity index is 1.18. The van der Waals surface area contributed by atoms with Crippen LogP contribution in [0.4, 0.5) is 17.6 Å². The van der Waals surface area contributed by atoms with Gasteiger partial charge in [0.25, 0.3) is 17.6 Å². The van der Waals surface area contributed by atoms with Gasteiger partial charge in [0.2, 0.25) is 0 Å². The van der Waals surface area contributed by atoms with Crippen LogP contribution >= 0.6 is 0 Å². The first kappa shape index (κ1) is 27.8. The van der Waals surface area contributed by atoms with Crippen molar-refractivity contribution in [2.24, 2.45) is 5.10 Å². The first-order valence-electron chi connectivity index (χ1n) is 12.8.